The van der Waals surface area contributed by atoms with Gasteiger partial charge in [-0.3, -0.25) is 0 Å². The Hall–Kier alpha value is -1.26. The summed E-state index contributed by atoms with van der Waals surface area (Å²) >= 11 is 0. The van der Waals surface area contributed by atoms with E-state index in [0.29, 0.717) is 6.54 Å². The third kappa shape index (κ3) is 3.12. The molecule has 0 aliphatic heterocycles. The first kappa shape index (κ1) is 12.8. The molecular formula is C11H15F3N2. The van der Waals surface area contributed by atoms with Crippen molar-refractivity contribution in [2.75, 3.05) is 18.5 Å². The van der Waals surface area contributed by atoms with Crippen molar-refractivity contribution >= 4 is 5.82 Å². The quantitative estimate of drug-likeness (QED) is 0.791. The molecule has 0 aliphatic rings. The zero-order valence-corrected chi connectivity index (χ0v) is 9.38. The second-order valence-electron chi connectivity index (χ2n) is 3.65. The molecule has 0 saturated carbocycles. The lowest BCUT2D eigenvalue weighted by atomic mass is 10.2. The van der Waals surface area contributed by atoms with Crippen molar-refractivity contribution in [3.63, 3.8) is 0 Å². The number of pyridine rings is 1. The molecule has 5 heteroatoms. The van der Waals surface area contributed by atoms with Crippen molar-refractivity contribution in [2.45, 2.75) is 25.9 Å². The van der Waals surface area contributed by atoms with Crippen molar-refractivity contribution in [1.82, 2.24) is 4.98 Å². The molecule has 2 nitrogen and oxygen atoms in total. The van der Waals surface area contributed by atoms with Crippen LogP contribution >= 0.6 is 0 Å². The topological polar surface area (TPSA) is 16.1 Å². The lowest BCUT2D eigenvalue weighted by Gasteiger charge is -2.21. The number of halogens is 3. The molecule has 0 unspecified atom stereocenters. The highest BCUT2D eigenvalue weighted by Crippen LogP contribution is 2.34. The Balaban J connectivity index is 2.94. The van der Waals surface area contributed by atoms with Gasteiger partial charge in [0.15, 0.2) is 0 Å². The number of nitrogens with zero attached hydrogens (tertiary/aromatic N) is 2. The van der Waals surface area contributed by atoms with Gasteiger partial charge in [0, 0.05) is 19.8 Å². The van der Waals surface area contributed by atoms with E-state index in [0.717, 1.165) is 18.9 Å². The van der Waals surface area contributed by atoms with Gasteiger partial charge in [-0.15, -0.1) is 0 Å². The Kier molecular flexibility index (Phi) is 4.15. The molecular weight excluding hydrogens is 217 g/mol. The number of hydrogen-bond donors (Lipinski definition) is 0. The molecule has 0 bridgehead atoms. The standard InChI is InChI=1S/C11H15F3N2/c1-3-4-8-16(2)10-9(11(12,13)14)6-5-7-15-10/h5-7H,3-4,8H2,1-2H3. The number of unbranched alkanes of at least 4 members (excludes halogenated alkanes) is 1. The summed E-state index contributed by atoms with van der Waals surface area (Å²) in [4.78, 5) is 5.35. The predicted molar refractivity (Wildman–Crippen MR) is 57.4 cm³/mol. The first-order valence-electron chi connectivity index (χ1n) is 5.20. The van der Waals surface area contributed by atoms with Crippen LogP contribution in [-0.4, -0.2) is 18.6 Å². The molecule has 1 rings (SSSR count). The van der Waals surface area contributed by atoms with E-state index in [1.54, 1.807) is 11.9 Å². The zero-order valence-electron chi connectivity index (χ0n) is 9.38. The van der Waals surface area contributed by atoms with Gasteiger partial charge in [0.05, 0.1) is 5.56 Å². The number of anilines is 1. The summed E-state index contributed by atoms with van der Waals surface area (Å²) in [6, 6.07) is 2.37. The molecule has 0 radical (unpaired) electrons. The molecule has 0 aliphatic carbocycles. The monoisotopic (exact) mass is 232 g/mol. The molecule has 0 amide bonds. The summed E-state index contributed by atoms with van der Waals surface area (Å²) in [5, 5.41) is 0. The van der Waals surface area contributed by atoms with Gasteiger partial charge in [-0.1, -0.05) is 13.3 Å². The molecule has 0 N–H and O–H groups in total. The van der Waals surface area contributed by atoms with Crippen LogP contribution in [0.3, 0.4) is 0 Å². The Morgan fingerprint density at radius 2 is 2.06 bits per heavy atom. The van der Waals surface area contributed by atoms with Crippen LogP contribution < -0.4 is 4.90 Å². The maximum atomic E-state index is 12.7. The van der Waals surface area contributed by atoms with Crippen LogP contribution in [0.5, 0.6) is 0 Å². The summed E-state index contributed by atoms with van der Waals surface area (Å²) in [6.45, 7) is 2.58. The number of alkyl halides is 3. The third-order valence-electron chi connectivity index (χ3n) is 2.30. The highest BCUT2D eigenvalue weighted by molar-refractivity contribution is 5.47. The van der Waals surface area contributed by atoms with E-state index in [1.807, 2.05) is 6.92 Å². The number of aromatic nitrogens is 1. The Labute approximate surface area is 93.1 Å². The lowest BCUT2D eigenvalue weighted by Crippen LogP contribution is -2.23. The van der Waals surface area contributed by atoms with E-state index >= 15 is 0 Å². The maximum absolute atomic E-state index is 12.7. The van der Waals surface area contributed by atoms with Gasteiger partial charge in [0.25, 0.3) is 0 Å². The Bertz CT molecular complexity index is 336. The fraction of sp³-hybridized carbons (Fsp3) is 0.545. The van der Waals surface area contributed by atoms with Gasteiger partial charge in [-0.05, 0) is 18.6 Å². The fourth-order valence-corrected chi connectivity index (χ4v) is 1.42. The molecule has 0 spiro atoms. The van der Waals surface area contributed by atoms with E-state index in [-0.39, 0.29) is 5.82 Å². The highest BCUT2D eigenvalue weighted by atomic mass is 19.4. The van der Waals surface area contributed by atoms with Crippen LogP contribution in [0.2, 0.25) is 0 Å². The summed E-state index contributed by atoms with van der Waals surface area (Å²) in [7, 11) is 1.63. The molecule has 0 saturated heterocycles. The van der Waals surface area contributed by atoms with Gasteiger partial charge in [0.2, 0.25) is 0 Å². The van der Waals surface area contributed by atoms with E-state index in [9.17, 15) is 13.2 Å². The molecule has 0 aromatic carbocycles. The highest BCUT2D eigenvalue weighted by Gasteiger charge is 2.34. The van der Waals surface area contributed by atoms with Crippen molar-refractivity contribution in [3.05, 3.63) is 23.9 Å². The summed E-state index contributed by atoms with van der Waals surface area (Å²) in [5.41, 5.74) is -0.673. The smallest absolute Gasteiger partial charge is 0.359 e. The first-order chi connectivity index (χ1) is 7.46. The minimum atomic E-state index is -4.34. The summed E-state index contributed by atoms with van der Waals surface area (Å²) in [5.74, 6) is 0.00319. The molecule has 90 valence electrons. The van der Waals surface area contributed by atoms with Crippen LogP contribution in [0.4, 0.5) is 19.0 Å². The second kappa shape index (κ2) is 5.18. The molecule has 0 atom stereocenters. The minimum Gasteiger partial charge on any atom is -0.359 e. The predicted octanol–water partition coefficient (Wildman–Crippen LogP) is 3.34. The van der Waals surface area contributed by atoms with E-state index < -0.39 is 11.7 Å². The van der Waals surface area contributed by atoms with E-state index in [2.05, 4.69) is 4.98 Å². The molecule has 0 fully saturated rings. The van der Waals surface area contributed by atoms with Crippen molar-refractivity contribution in [2.24, 2.45) is 0 Å². The maximum Gasteiger partial charge on any atom is 0.419 e. The molecule has 16 heavy (non-hydrogen) atoms. The molecule has 1 heterocycles. The van der Waals surface area contributed by atoms with Gasteiger partial charge in [-0.25, -0.2) is 4.98 Å². The summed E-state index contributed by atoms with van der Waals surface area (Å²) < 4.78 is 38.0. The van der Waals surface area contributed by atoms with Gasteiger partial charge in [0.1, 0.15) is 5.82 Å². The van der Waals surface area contributed by atoms with Crippen LogP contribution in [-0.2, 0) is 6.18 Å². The lowest BCUT2D eigenvalue weighted by molar-refractivity contribution is -0.137. The van der Waals surface area contributed by atoms with E-state index in [4.69, 9.17) is 0 Å². The van der Waals surface area contributed by atoms with Crippen molar-refractivity contribution in [1.29, 1.82) is 0 Å². The molecule has 1 aromatic rings. The average molecular weight is 232 g/mol. The minimum absolute atomic E-state index is 0.00319. The second-order valence-corrected chi connectivity index (χ2v) is 3.65. The SMILES string of the molecule is CCCCN(C)c1ncccc1C(F)(F)F. The molecule has 1 aromatic heterocycles. The Morgan fingerprint density at radius 3 is 2.62 bits per heavy atom. The van der Waals surface area contributed by atoms with Gasteiger partial charge in [-0.2, -0.15) is 13.2 Å². The Morgan fingerprint density at radius 1 is 1.38 bits per heavy atom. The zero-order chi connectivity index (χ0) is 12.2. The third-order valence-corrected chi connectivity index (χ3v) is 2.30. The van der Waals surface area contributed by atoms with Crippen LogP contribution in [0.15, 0.2) is 18.3 Å². The van der Waals surface area contributed by atoms with Gasteiger partial charge >= 0.3 is 6.18 Å². The van der Waals surface area contributed by atoms with Gasteiger partial charge < -0.3 is 4.90 Å². The largest absolute Gasteiger partial charge is 0.419 e. The van der Waals surface area contributed by atoms with Crippen molar-refractivity contribution in [3.8, 4) is 0 Å². The number of rotatable bonds is 4. The summed E-state index contributed by atoms with van der Waals surface area (Å²) in [6.07, 6.45) is -1.17. The average Bonchev–Trinajstić information content (AvgIpc) is 2.24. The van der Waals surface area contributed by atoms with E-state index in [1.165, 1.54) is 12.3 Å². The normalized spacial score (nSPS) is 11.6. The number of hydrogen-bond acceptors (Lipinski definition) is 2. The first-order valence-corrected chi connectivity index (χ1v) is 5.20. The fourth-order valence-electron chi connectivity index (χ4n) is 1.42. The van der Waals surface area contributed by atoms with Crippen molar-refractivity contribution < 1.29 is 13.2 Å². The van der Waals surface area contributed by atoms with Crippen LogP contribution in [0.1, 0.15) is 25.3 Å². The van der Waals surface area contributed by atoms with Crippen LogP contribution in [0, 0.1) is 0 Å². The van der Waals surface area contributed by atoms with Crippen LogP contribution in [0.25, 0.3) is 0 Å².